The molecule has 0 atom stereocenters. The molecule has 0 spiro atoms. The first-order chi connectivity index (χ1) is 8.77. The quantitative estimate of drug-likeness (QED) is 0.265. The van der Waals surface area contributed by atoms with Gasteiger partial charge in [-0.05, 0) is 23.7 Å². The first-order valence-electron chi connectivity index (χ1n) is 7.54. The van der Waals surface area contributed by atoms with Crippen molar-refractivity contribution in [3.63, 3.8) is 0 Å². The molecular weight excluding hydrogens is 284 g/mol. The van der Waals surface area contributed by atoms with E-state index in [0.29, 0.717) is 0 Å². The van der Waals surface area contributed by atoms with E-state index in [-0.39, 0.29) is 0 Å². The van der Waals surface area contributed by atoms with Gasteiger partial charge in [0, 0.05) is 6.42 Å². The van der Waals surface area contributed by atoms with Gasteiger partial charge in [-0.1, -0.05) is 80.3 Å². The third kappa shape index (κ3) is 15.8. The minimum atomic E-state index is 0.959. The van der Waals surface area contributed by atoms with Crippen LogP contribution >= 0.6 is 15.9 Å². The van der Waals surface area contributed by atoms with E-state index in [0.717, 1.165) is 17.3 Å². The van der Waals surface area contributed by atoms with Crippen molar-refractivity contribution in [1.82, 2.24) is 0 Å². The van der Waals surface area contributed by atoms with Crippen molar-refractivity contribution >= 4 is 15.9 Å². The Bertz CT molecular complexity index is 224. The standard InChI is InChI=1S/C17H29Br/c1-3-4-5-6-7-8-9-10-11-12-13-14-15-16-17(2)18/h1H,2,4-16H2. The summed E-state index contributed by atoms with van der Waals surface area (Å²) in [6.45, 7) is 3.86. The van der Waals surface area contributed by atoms with Gasteiger partial charge >= 0.3 is 0 Å². The minimum Gasteiger partial charge on any atom is -0.120 e. The van der Waals surface area contributed by atoms with Crippen LogP contribution in [0.15, 0.2) is 11.1 Å². The highest BCUT2D eigenvalue weighted by Crippen LogP contribution is 2.15. The zero-order valence-electron chi connectivity index (χ0n) is 11.9. The second-order valence-corrected chi connectivity index (χ2v) is 6.23. The Morgan fingerprint density at radius 2 is 1.17 bits per heavy atom. The lowest BCUT2D eigenvalue weighted by molar-refractivity contribution is 0.548. The zero-order chi connectivity index (χ0) is 13.5. The molecule has 0 aliphatic rings. The topological polar surface area (TPSA) is 0 Å². The van der Waals surface area contributed by atoms with Crippen LogP contribution in [0.5, 0.6) is 0 Å². The summed E-state index contributed by atoms with van der Waals surface area (Å²) in [5, 5.41) is 0. The molecule has 104 valence electrons. The molecule has 0 nitrogen and oxygen atoms in total. The van der Waals surface area contributed by atoms with Crippen LogP contribution in [0.1, 0.15) is 83.5 Å². The maximum Gasteiger partial charge on any atom is 0.00860 e. The minimum absolute atomic E-state index is 0.959. The van der Waals surface area contributed by atoms with Gasteiger partial charge < -0.3 is 0 Å². The molecule has 0 fully saturated rings. The summed E-state index contributed by atoms with van der Waals surface area (Å²) in [6.07, 6.45) is 22.3. The molecule has 0 bridgehead atoms. The monoisotopic (exact) mass is 312 g/mol. The molecule has 0 unspecified atom stereocenters. The van der Waals surface area contributed by atoms with Crippen molar-refractivity contribution in [2.75, 3.05) is 0 Å². The van der Waals surface area contributed by atoms with E-state index in [2.05, 4.69) is 28.4 Å². The molecule has 0 aromatic carbocycles. The molecule has 0 heterocycles. The van der Waals surface area contributed by atoms with Gasteiger partial charge in [0.2, 0.25) is 0 Å². The van der Waals surface area contributed by atoms with E-state index in [1.54, 1.807) is 0 Å². The predicted octanol–water partition coefficient (Wildman–Crippen LogP) is 6.60. The molecule has 18 heavy (non-hydrogen) atoms. The number of hydrogen-bond donors (Lipinski definition) is 0. The van der Waals surface area contributed by atoms with Gasteiger partial charge in [-0.3, -0.25) is 0 Å². The van der Waals surface area contributed by atoms with Crippen molar-refractivity contribution < 1.29 is 0 Å². The average molecular weight is 313 g/mol. The molecule has 0 saturated heterocycles. The Morgan fingerprint density at radius 3 is 1.56 bits per heavy atom. The third-order valence-corrected chi connectivity index (χ3v) is 3.67. The normalized spacial score (nSPS) is 10.2. The highest BCUT2D eigenvalue weighted by Gasteiger charge is 1.94. The molecule has 0 aliphatic heterocycles. The van der Waals surface area contributed by atoms with Crippen LogP contribution in [0, 0.1) is 12.3 Å². The van der Waals surface area contributed by atoms with Crippen LogP contribution in [0.25, 0.3) is 0 Å². The molecule has 0 amide bonds. The third-order valence-electron chi connectivity index (χ3n) is 3.27. The molecule has 0 rings (SSSR count). The first-order valence-corrected chi connectivity index (χ1v) is 8.33. The van der Waals surface area contributed by atoms with E-state index in [9.17, 15) is 0 Å². The van der Waals surface area contributed by atoms with Crippen LogP contribution in [0.3, 0.4) is 0 Å². The van der Waals surface area contributed by atoms with Crippen molar-refractivity contribution in [3.05, 3.63) is 11.1 Å². The molecule has 0 aliphatic carbocycles. The molecular formula is C17H29Br. The number of halogens is 1. The lowest BCUT2D eigenvalue weighted by Crippen LogP contribution is -1.82. The van der Waals surface area contributed by atoms with E-state index in [4.69, 9.17) is 6.42 Å². The maximum atomic E-state index is 5.22. The van der Waals surface area contributed by atoms with E-state index < -0.39 is 0 Å². The Morgan fingerprint density at radius 1 is 0.778 bits per heavy atom. The number of allylic oxidation sites excluding steroid dienone is 1. The van der Waals surface area contributed by atoms with Gasteiger partial charge in [0.05, 0.1) is 0 Å². The van der Waals surface area contributed by atoms with Crippen LogP contribution in [0.2, 0.25) is 0 Å². The second kappa shape index (κ2) is 14.8. The number of unbranched alkanes of at least 4 members (excludes halogenated alkanes) is 11. The predicted molar refractivity (Wildman–Crippen MR) is 86.9 cm³/mol. The number of rotatable bonds is 13. The van der Waals surface area contributed by atoms with E-state index >= 15 is 0 Å². The van der Waals surface area contributed by atoms with Crippen molar-refractivity contribution in [1.29, 1.82) is 0 Å². The van der Waals surface area contributed by atoms with Crippen molar-refractivity contribution in [3.8, 4) is 12.3 Å². The van der Waals surface area contributed by atoms with Crippen LogP contribution in [-0.4, -0.2) is 0 Å². The Labute approximate surface area is 123 Å². The summed E-state index contributed by atoms with van der Waals surface area (Å²) in [5.74, 6) is 2.70. The average Bonchev–Trinajstić information content (AvgIpc) is 2.34. The lowest BCUT2D eigenvalue weighted by Gasteiger charge is -2.02. The number of terminal acetylenes is 1. The van der Waals surface area contributed by atoms with Gasteiger partial charge in [0.25, 0.3) is 0 Å². The summed E-state index contributed by atoms with van der Waals surface area (Å²) in [4.78, 5) is 0. The largest absolute Gasteiger partial charge is 0.120 e. The molecule has 1 heteroatoms. The smallest absolute Gasteiger partial charge is 0.00860 e. The summed E-state index contributed by atoms with van der Waals surface area (Å²) < 4.78 is 1.15. The fourth-order valence-corrected chi connectivity index (χ4v) is 2.42. The summed E-state index contributed by atoms with van der Waals surface area (Å²) in [6, 6.07) is 0. The van der Waals surface area contributed by atoms with Crippen LogP contribution in [-0.2, 0) is 0 Å². The van der Waals surface area contributed by atoms with Gasteiger partial charge in [0.15, 0.2) is 0 Å². The Kier molecular flexibility index (Phi) is 14.7. The summed E-state index contributed by atoms with van der Waals surface area (Å²) in [7, 11) is 0. The lowest BCUT2D eigenvalue weighted by atomic mass is 10.0. The van der Waals surface area contributed by atoms with Crippen LogP contribution < -0.4 is 0 Å². The van der Waals surface area contributed by atoms with Gasteiger partial charge in [-0.2, -0.15) is 0 Å². The van der Waals surface area contributed by atoms with Crippen LogP contribution in [0.4, 0.5) is 0 Å². The Balaban J connectivity index is 2.95. The Hall–Kier alpha value is -0.220. The summed E-state index contributed by atoms with van der Waals surface area (Å²) in [5.41, 5.74) is 0. The fraction of sp³-hybridized carbons (Fsp3) is 0.765. The maximum absolute atomic E-state index is 5.22. The van der Waals surface area contributed by atoms with E-state index in [1.165, 1.54) is 70.6 Å². The van der Waals surface area contributed by atoms with Gasteiger partial charge in [-0.25, -0.2) is 0 Å². The summed E-state index contributed by atoms with van der Waals surface area (Å²) >= 11 is 3.40. The molecule has 0 radical (unpaired) electrons. The van der Waals surface area contributed by atoms with E-state index in [1.807, 2.05) is 0 Å². The molecule has 0 saturated carbocycles. The van der Waals surface area contributed by atoms with Gasteiger partial charge in [-0.15, -0.1) is 12.3 Å². The molecule has 0 aromatic rings. The number of hydrogen-bond acceptors (Lipinski definition) is 0. The van der Waals surface area contributed by atoms with Crippen molar-refractivity contribution in [2.24, 2.45) is 0 Å². The SMILES string of the molecule is C#CCCCCCCCCCCCCCC(=C)Br. The van der Waals surface area contributed by atoms with Crippen molar-refractivity contribution in [2.45, 2.75) is 83.5 Å². The molecule has 0 aromatic heterocycles. The highest BCUT2D eigenvalue weighted by atomic mass is 79.9. The highest BCUT2D eigenvalue weighted by molar-refractivity contribution is 9.11. The first kappa shape index (κ1) is 17.8. The fourth-order valence-electron chi connectivity index (χ4n) is 2.13. The van der Waals surface area contributed by atoms with Gasteiger partial charge in [0.1, 0.15) is 0 Å². The molecule has 0 N–H and O–H groups in total. The zero-order valence-corrected chi connectivity index (χ0v) is 13.4. The second-order valence-electron chi connectivity index (χ2n) is 5.11.